The number of aryl methyl sites for hydroxylation is 1. The van der Waals surface area contributed by atoms with E-state index in [1.165, 1.54) is 0 Å². The first-order valence-electron chi connectivity index (χ1n) is 11.2. The van der Waals surface area contributed by atoms with Crippen LogP contribution in [0.1, 0.15) is 29.3 Å². The Morgan fingerprint density at radius 1 is 0.971 bits per heavy atom. The molecular weight excluding hydrogens is 430 g/mol. The van der Waals surface area contributed by atoms with Gasteiger partial charge in [-0.2, -0.15) is 0 Å². The molecule has 3 amide bonds. The molecule has 1 atom stereocenters. The summed E-state index contributed by atoms with van der Waals surface area (Å²) in [6.07, 6.45) is 0.928. The predicted molar refractivity (Wildman–Crippen MR) is 132 cm³/mol. The summed E-state index contributed by atoms with van der Waals surface area (Å²) < 4.78 is 5.14. The summed E-state index contributed by atoms with van der Waals surface area (Å²) in [5.74, 6) is -0.523. The number of benzene rings is 3. The minimum Gasteiger partial charge on any atom is -0.497 e. The van der Waals surface area contributed by atoms with Crippen LogP contribution < -0.4 is 20.3 Å². The summed E-state index contributed by atoms with van der Waals surface area (Å²) in [5, 5.41) is 5.69. The Morgan fingerprint density at radius 3 is 2.41 bits per heavy atom. The van der Waals surface area contributed by atoms with Crippen molar-refractivity contribution in [2.75, 3.05) is 29.2 Å². The summed E-state index contributed by atoms with van der Waals surface area (Å²) in [5.41, 5.74) is 3.27. The molecule has 3 aromatic carbocycles. The third kappa shape index (κ3) is 4.93. The van der Waals surface area contributed by atoms with Gasteiger partial charge in [-0.15, -0.1) is 0 Å². The number of methoxy groups -OCH3 is 1. The third-order valence-electron chi connectivity index (χ3n) is 5.94. The van der Waals surface area contributed by atoms with Crippen LogP contribution in [0.2, 0.25) is 0 Å². The number of hydrogen-bond acceptors (Lipinski definition) is 4. The molecule has 1 heterocycles. The van der Waals surface area contributed by atoms with Gasteiger partial charge in [0.05, 0.1) is 24.3 Å². The highest BCUT2D eigenvalue weighted by atomic mass is 16.5. The molecule has 3 aromatic rings. The number of rotatable bonds is 7. The molecular formula is C27H27N3O4. The van der Waals surface area contributed by atoms with Crippen LogP contribution in [0.25, 0.3) is 0 Å². The molecule has 1 unspecified atom stereocenters. The summed E-state index contributed by atoms with van der Waals surface area (Å²) in [6.45, 7) is 2.35. The summed E-state index contributed by atoms with van der Waals surface area (Å²) in [4.78, 5) is 40.3. The molecule has 0 spiro atoms. The van der Waals surface area contributed by atoms with Gasteiger partial charge in [-0.1, -0.05) is 37.3 Å². The lowest BCUT2D eigenvalue weighted by atomic mass is 10.1. The topological polar surface area (TPSA) is 87.7 Å². The zero-order chi connectivity index (χ0) is 24.1. The Hall–Kier alpha value is -4.13. The molecule has 1 saturated heterocycles. The second kappa shape index (κ2) is 10.2. The van der Waals surface area contributed by atoms with E-state index in [4.69, 9.17) is 4.74 Å². The van der Waals surface area contributed by atoms with Crippen molar-refractivity contribution in [3.63, 3.8) is 0 Å². The van der Waals surface area contributed by atoms with Crippen molar-refractivity contribution in [1.29, 1.82) is 0 Å². The van der Waals surface area contributed by atoms with Gasteiger partial charge in [0, 0.05) is 24.3 Å². The van der Waals surface area contributed by atoms with Crippen molar-refractivity contribution in [1.82, 2.24) is 0 Å². The normalized spacial score (nSPS) is 15.2. The van der Waals surface area contributed by atoms with Crippen LogP contribution in [0.15, 0.2) is 72.8 Å². The average Bonchev–Trinajstić information content (AvgIpc) is 3.26. The van der Waals surface area contributed by atoms with Gasteiger partial charge in [0.25, 0.3) is 5.91 Å². The number of para-hydroxylation sites is 2. The minimum absolute atomic E-state index is 0.0772. The zero-order valence-corrected chi connectivity index (χ0v) is 19.2. The predicted octanol–water partition coefficient (Wildman–Crippen LogP) is 4.50. The molecule has 1 aliphatic heterocycles. The number of nitrogens with zero attached hydrogens (tertiary/aromatic N) is 1. The van der Waals surface area contributed by atoms with Crippen molar-refractivity contribution in [2.24, 2.45) is 5.92 Å². The maximum Gasteiger partial charge on any atom is 0.257 e. The van der Waals surface area contributed by atoms with Gasteiger partial charge >= 0.3 is 0 Å². The SMILES string of the molecule is CCc1ccccc1N1CC(C(=O)Nc2ccccc2C(=O)Nc2ccc(OC)cc2)CC1=O. The van der Waals surface area contributed by atoms with Crippen LogP contribution in [0.3, 0.4) is 0 Å². The Labute approximate surface area is 198 Å². The van der Waals surface area contributed by atoms with E-state index in [2.05, 4.69) is 10.6 Å². The van der Waals surface area contributed by atoms with Crippen molar-refractivity contribution in [2.45, 2.75) is 19.8 Å². The molecule has 7 heteroatoms. The molecule has 174 valence electrons. The molecule has 7 nitrogen and oxygen atoms in total. The third-order valence-corrected chi connectivity index (χ3v) is 5.94. The summed E-state index contributed by atoms with van der Waals surface area (Å²) in [6, 6.07) is 21.6. The second-order valence-corrected chi connectivity index (χ2v) is 8.11. The number of amides is 3. The van der Waals surface area contributed by atoms with Gasteiger partial charge in [0.15, 0.2) is 0 Å². The van der Waals surface area contributed by atoms with Gasteiger partial charge in [-0.05, 0) is 54.4 Å². The first-order valence-corrected chi connectivity index (χ1v) is 11.2. The molecule has 0 bridgehead atoms. The zero-order valence-electron chi connectivity index (χ0n) is 19.2. The number of carbonyl (C=O) groups is 3. The average molecular weight is 458 g/mol. The van der Waals surface area contributed by atoms with Crippen LogP contribution in [-0.2, 0) is 16.0 Å². The molecule has 0 radical (unpaired) electrons. The van der Waals surface area contributed by atoms with Gasteiger partial charge < -0.3 is 20.3 Å². The number of ether oxygens (including phenoxy) is 1. The van der Waals surface area contributed by atoms with E-state index in [1.807, 2.05) is 31.2 Å². The second-order valence-electron chi connectivity index (χ2n) is 8.11. The molecule has 1 fully saturated rings. The van der Waals surface area contributed by atoms with E-state index in [0.717, 1.165) is 17.7 Å². The fraction of sp³-hybridized carbons (Fsp3) is 0.222. The molecule has 0 saturated carbocycles. The van der Waals surface area contributed by atoms with E-state index >= 15 is 0 Å². The summed E-state index contributed by atoms with van der Waals surface area (Å²) in [7, 11) is 1.58. The smallest absolute Gasteiger partial charge is 0.257 e. The van der Waals surface area contributed by atoms with Crippen LogP contribution in [-0.4, -0.2) is 31.4 Å². The quantitative estimate of drug-likeness (QED) is 0.547. The minimum atomic E-state index is -0.505. The number of hydrogen-bond donors (Lipinski definition) is 2. The number of nitrogens with one attached hydrogen (secondary N) is 2. The van der Waals surface area contributed by atoms with Gasteiger partial charge in [0.2, 0.25) is 11.8 Å². The first-order chi connectivity index (χ1) is 16.5. The Kier molecular flexibility index (Phi) is 6.92. The molecule has 4 rings (SSSR count). The molecule has 1 aliphatic rings. The molecule has 2 N–H and O–H groups in total. The molecule has 0 aliphatic carbocycles. The fourth-order valence-corrected chi connectivity index (χ4v) is 4.09. The van der Waals surface area contributed by atoms with E-state index < -0.39 is 5.92 Å². The van der Waals surface area contributed by atoms with E-state index in [1.54, 1.807) is 60.5 Å². The lowest BCUT2D eigenvalue weighted by Gasteiger charge is -2.20. The summed E-state index contributed by atoms with van der Waals surface area (Å²) >= 11 is 0. The van der Waals surface area contributed by atoms with Crippen LogP contribution >= 0.6 is 0 Å². The number of anilines is 3. The molecule has 34 heavy (non-hydrogen) atoms. The standard InChI is InChI=1S/C27H27N3O4/c1-3-18-8-4-7-11-24(18)30-17-19(16-25(30)31)26(32)29-23-10-6-5-9-22(23)27(33)28-20-12-14-21(34-2)15-13-20/h4-15,19H,3,16-17H2,1-2H3,(H,28,33)(H,29,32). The van der Waals surface area contributed by atoms with E-state index in [0.29, 0.717) is 29.2 Å². The lowest BCUT2D eigenvalue weighted by molar-refractivity contribution is -0.122. The highest BCUT2D eigenvalue weighted by Crippen LogP contribution is 2.29. The Bertz CT molecular complexity index is 1210. The van der Waals surface area contributed by atoms with Crippen molar-refractivity contribution in [3.8, 4) is 5.75 Å². The first kappa shape index (κ1) is 23.0. The van der Waals surface area contributed by atoms with Crippen molar-refractivity contribution >= 4 is 34.8 Å². The Balaban J connectivity index is 1.46. The van der Waals surface area contributed by atoms with Crippen LogP contribution in [0, 0.1) is 5.92 Å². The fourth-order valence-electron chi connectivity index (χ4n) is 4.09. The van der Waals surface area contributed by atoms with E-state index in [9.17, 15) is 14.4 Å². The lowest BCUT2D eigenvalue weighted by Crippen LogP contribution is -2.29. The van der Waals surface area contributed by atoms with Gasteiger partial charge in [0.1, 0.15) is 5.75 Å². The van der Waals surface area contributed by atoms with Crippen molar-refractivity contribution < 1.29 is 19.1 Å². The van der Waals surface area contributed by atoms with Gasteiger partial charge in [-0.3, -0.25) is 14.4 Å². The maximum atomic E-state index is 13.1. The maximum absolute atomic E-state index is 13.1. The van der Waals surface area contributed by atoms with Crippen LogP contribution in [0.5, 0.6) is 5.75 Å². The van der Waals surface area contributed by atoms with Crippen LogP contribution in [0.4, 0.5) is 17.1 Å². The largest absolute Gasteiger partial charge is 0.497 e. The monoisotopic (exact) mass is 457 g/mol. The number of carbonyl (C=O) groups excluding carboxylic acids is 3. The van der Waals surface area contributed by atoms with Crippen molar-refractivity contribution in [3.05, 3.63) is 83.9 Å². The highest BCUT2D eigenvalue weighted by molar-refractivity contribution is 6.11. The molecule has 0 aromatic heterocycles. The Morgan fingerprint density at radius 2 is 1.68 bits per heavy atom. The van der Waals surface area contributed by atoms with E-state index in [-0.39, 0.29) is 24.1 Å². The van der Waals surface area contributed by atoms with Gasteiger partial charge in [-0.25, -0.2) is 0 Å². The highest BCUT2D eigenvalue weighted by Gasteiger charge is 2.36.